The van der Waals surface area contributed by atoms with Crippen molar-refractivity contribution in [1.29, 1.82) is 0 Å². The van der Waals surface area contributed by atoms with Crippen molar-refractivity contribution in [2.24, 2.45) is 5.92 Å². The van der Waals surface area contributed by atoms with Gasteiger partial charge in [-0.2, -0.15) is 13.2 Å². The lowest BCUT2D eigenvalue weighted by atomic mass is 9.96. The highest BCUT2D eigenvalue weighted by Crippen LogP contribution is 2.30. The highest BCUT2D eigenvalue weighted by Gasteiger charge is 2.33. The Hall–Kier alpha value is -2.05. The summed E-state index contributed by atoms with van der Waals surface area (Å²) >= 11 is 0. The molecule has 4 nitrogen and oxygen atoms in total. The number of hydrogen-bond donors (Lipinski definition) is 1. The van der Waals surface area contributed by atoms with E-state index in [0.29, 0.717) is 5.56 Å². The molecule has 1 N–H and O–H groups in total. The minimum Gasteiger partial charge on any atom is -0.344 e. The summed E-state index contributed by atoms with van der Waals surface area (Å²) in [4.78, 5) is 25.6. The van der Waals surface area contributed by atoms with Crippen molar-refractivity contribution in [1.82, 2.24) is 10.2 Å². The molecule has 1 aromatic carbocycles. The predicted molar refractivity (Wildman–Crippen MR) is 87.5 cm³/mol. The lowest BCUT2D eigenvalue weighted by Crippen LogP contribution is -2.50. The fraction of sp³-hybridized carbons (Fsp3) is 0.556. The average molecular weight is 356 g/mol. The number of rotatable bonds is 5. The molecule has 0 spiro atoms. The van der Waals surface area contributed by atoms with Crippen molar-refractivity contribution in [3.8, 4) is 0 Å². The minimum absolute atomic E-state index is 0.117. The van der Waals surface area contributed by atoms with Gasteiger partial charge in [-0.05, 0) is 36.5 Å². The molecule has 1 aromatic rings. The van der Waals surface area contributed by atoms with Gasteiger partial charge < -0.3 is 10.2 Å². The SMILES string of the molecule is CC(=O)NC(C(=O)N(C)Cc1ccc(C(F)(F)F)cc1)C1CCCC1. The number of carbonyl (C=O) groups is 2. The van der Waals surface area contributed by atoms with Crippen LogP contribution in [0.15, 0.2) is 24.3 Å². The Morgan fingerprint density at radius 1 is 1.20 bits per heavy atom. The predicted octanol–water partition coefficient (Wildman–Crippen LogP) is 3.36. The molecule has 7 heteroatoms. The van der Waals surface area contributed by atoms with Crippen LogP contribution in [0.25, 0.3) is 0 Å². The van der Waals surface area contributed by atoms with Gasteiger partial charge in [0.1, 0.15) is 6.04 Å². The number of alkyl halides is 3. The van der Waals surface area contributed by atoms with Crippen molar-refractivity contribution in [2.75, 3.05) is 7.05 Å². The summed E-state index contributed by atoms with van der Waals surface area (Å²) in [5, 5.41) is 2.74. The third-order valence-corrected chi connectivity index (χ3v) is 4.57. The maximum Gasteiger partial charge on any atom is 0.416 e. The van der Waals surface area contributed by atoms with Gasteiger partial charge in [-0.15, -0.1) is 0 Å². The summed E-state index contributed by atoms with van der Waals surface area (Å²) < 4.78 is 37.8. The van der Waals surface area contributed by atoms with Crippen LogP contribution in [0.5, 0.6) is 0 Å². The van der Waals surface area contributed by atoms with Crippen molar-refractivity contribution >= 4 is 11.8 Å². The molecule has 1 aliphatic carbocycles. The molecule has 2 rings (SSSR count). The summed E-state index contributed by atoms with van der Waals surface area (Å²) in [5.74, 6) is -0.346. The van der Waals surface area contributed by atoms with Crippen LogP contribution in [0, 0.1) is 5.92 Å². The molecule has 1 saturated carbocycles. The van der Waals surface area contributed by atoms with E-state index >= 15 is 0 Å². The van der Waals surface area contributed by atoms with Crippen LogP contribution in [0.1, 0.15) is 43.7 Å². The molecule has 138 valence electrons. The van der Waals surface area contributed by atoms with Crippen molar-refractivity contribution in [3.05, 3.63) is 35.4 Å². The van der Waals surface area contributed by atoms with Crippen LogP contribution >= 0.6 is 0 Å². The Morgan fingerprint density at radius 3 is 2.24 bits per heavy atom. The van der Waals surface area contributed by atoms with E-state index in [1.165, 1.54) is 24.0 Å². The van der Waals surface area contributed by atoms with E-state index in [0.717, 1.165) is 37.8 Å². The van der Waals surface area contributed by atoms with Crippen LogP contribution in [0.4, 0.5) is 13.2 Å². The van der Waals surface area contributed by atoms with Gasteiger partial charge in [0.05, 0.1) is 5.56 Å². The standard InChI is InChI=1S/C18H23F3N2O2/c1-12(24)22-16(14-5-3-4-6-14)17(25)23(2)11-13-7-9-15(10-8-13)18(19,20)21/h7-10,14,16H,3-6,11H2,1-2H3,(H,22,24). The van der Waals surface area contributed by atoms with Crippen molar-refractivity contribution in [3.63, 3.8) is 0 Å². The van der Waals surface area contributed by atoms with Gasteiger partial charge in [0.25, 0.3) is 0 Å². The van der Waals surface area contributed by atoms with Crippen LogP contribution in [0.3, 0.4) is 0 Å². The lowest BCUT2D eigenvalue weighted by molar-refractivity contribution is -0.138. The van der Waals surface area contributed by atoms with E-state index in [1.54, 1.807) is 7.05 Å². The first kappa shape index (κ1) is 19.3. The Bertz CT molecular complexity index is 608. The smallest absolute Gasteiger partial charge is 0.344 e. The number of carbonyl (C=O) groups excluding carboxylic acids is 2. The molecule has 1 fully saturated rings. The van der Waals surface area contributed by atoms with Gasteiger partial charge in [-0.25, -0.2) is 0 Å². The Kier molecular flexibility index (Phi) is 6.08. The molecule has 0 bridgehead atoms. The summed E-state index contributed by atoms with van der Waals surface area (Å²) in [5.41, 5.74) is -0.107. The third-order valence-electron chi connectivity index (χ3n) is 4.57. The molecule has 2 amide bonds. The first-order valence-corrected chi connectivity index (χ1v) is 8.36. The Labute approximate surface area is 145 Å². The first-order chi connectivity index (χ1) is 11.7. The van der Waals surface area contributed by atoms with Crippen LogP contribution < -0.4 is 5.32 Å². The fourth-order valence-electron chi connectivity index (χ4n) is 3.28. The molecule has 25 heavy (non-hydrogen) atoms. The number of benzene rings is 1. The van der Waals surface area contributed by atoms with E-state index in [2.05, 4.69) is 5.32 Å². The van der Waals surface area contributed by atoms with Gasteiger partial charge in [-0.1, -0.05) is 25.0 Å². The zero-order valence-electron chi connectivity index (χ0n) is 14.4. The summed E-state index contributed by atoms with van der Waals surface area (Å²) in [6.07, 6.45) is -0.512. The normalized spacial score (nSPS) is 16.5. The lowest BCUT2D eigenvalue weighted by Gasteiger charge is -2.28. The maximum absolute atomic E-state index is 12.7. The highest BCUT2D eigenvalue weighted by molar-refractivity contribution is 5.87. The molecule has 0 heterocycles. The van der Waals surface area contributed by atoms with Crippen molar-refractivity contribution in [2.45, 2.75) is 51.4 Å². The Balaban J connectivity index is 2.05. The third kappa shape index (κ3) is 5.21. The van der Waals surface area contributed by atoms with Crippen LogP contribution in [-0.2, 0) is 22.3 Å². The molecule has 1 aliphatic rings. The molecular weight excluding hydrogens is 333 g/mol. The van der Waals surface area contributed by atoms with Gasteiger partial charge in [0, 0.05) is 20.5 Å². The second kappa shape index (κ2) is 7.89. The van der Waals surface area contributed by atoms with Gasteiger partial charge >= 0.3 is 6.18 Å². The molecular formula is C18H23F3N2O2. The van der Waals surface area contributed by atoms with E-state index in [1.807, 2.05) is 0 Å². The van der Waals surface area contributed by atoms with E-state index in [9.17, 15) is 22.8 Å². The summed E-state index contributed by atoms with van der Waals surface area (Å²) in [6, 6.07) is 4.19. The summed E-state index contributed by atoms with van der Waals surface area (Å²) in [7, 11) is 1.60. The second-order valence-electron chi connectivity index (χ2n) is 6.61. The van der Waals surface area contributed by atoms with E-state index in [-0.39, 0.29) is 24.3 Å². The average Bonchev–Trinajstić information content (AvgIpc) is 3.05. The van der Waals surface area contributed by atoms with Crippen molar-refractivity contribution < 1.29 is 22.8 Å². The highest BCUT2D eigenvalue weighted by atomic mass is 19.4. The van der Waals surface area contributed by atoms with Gasteiger partial charge in [-0.3, -0.25) is 9.59 Å². The molecule has 1 atom stereocenters. The molecule has 0 saturated heterocycles. The molecule has 0 radical (unpaired) electrons. The van der Waals surface area contributed by atoms with Crippen LogP contribution in [-0.4, -0.2) is 29.8 Å². The van der Waals surface area contributed by atoms with Gasteiger partial charge in [0.2, 0.25) is 11.8 Å². The van der Waals surface area contributed by atoms with E-state index in [4.69, 9.17) is 0 Å². The molecule has 0 aliphatic heterocycles. The topological polar surface area (TPSA) is 49.4 Å². The van der Waals surface area contributed by atoms with Gasteiger partial charge in [0.15, 0.2) is 0 Å². The largest absolute Gasteiger partial charge is 0.416 e. The van der Waals surface area contributed by atoms with Crippen LogP contribution in [0.2, 0.25) is 0 Å². The second-order valence-corrected chi connectivity index (χ2v) is 6.61. The molecule has 0 aromatic heterocycles. The zero-order chi connectivity index (χ0) is 18.6. The number of amides is 2. The van der Waals surface area contributed by atoms with E-state index < -0.39 is 17.8 Å². The monoisotopic (exact) mass is 356 g/mol. The number of likely N-dealkylation sites (N-methyl/N-ethyl adjacent to an activating group) is 1. The fourth-order valence-corrected chi connectivity index (χ4v) is 3.28. The number of nitrogens with one attached hydrogen (secondary N) is 1. The number of hydrogen-bond acceptors (Lipinski definition) is 2. The zero-order valence-corrected chi connectivity index (χ0v) is 14.4. The minimum atomic E-state index is -4.38. The quantitative estimate of drug-likeness (QED) is 0.880. The maximum atomic E-state index is 12.7. The number of nitrogens with zero attached hydrogens (tertiary/aromatic N) is 1. The molecule has 1 unspecified atom stereocenters. The first-order valence-electron chi connectivity index (χ1n) is 8.36. The number of halogens is 3. The summed E-state index contributed by atoms with van der Waals surface area (Å²) in [6.45, 7) is 1.57. The Morgan fingerprint density at radius 2 is 1.76 bits per heavy atom.